The van der Waals surface area contributed by atoms with Crippen molar-refractivity contribution in [2.75, 3.05) is 33.5 Å². The number of benzene rings is 1. The summed E-state index contributed by atoms with van der Waals surface area (Å²) in [5, 5.41) is 3.93. The Morgan fingerprint density at radius 3 is 2.55 bits per heavy atom. The Bertz CT molecular complexity index is 1100. The third-order valence-electron chi connectivity index (χ3n) is 5.97. The average molecular weight is 478 g/mol. The first-order chi connectivity index (χ1) is 15.6. The Hall–Kier alpha value is -2.85. The van der Waals surface area contributed by atoms with E-state index in [2.05, 4.69) is 5.16 Å². The average Bonchev–Trinajstić information content (AvgIpc) is 3.12. The molecule has 0 bridgehead atoms. The minimum atomic E-state index is -3.23. The van der Waals surface area contributed by atoms with Gasteiger partial charge >= 0.3 is 0 Å². The quantitative estimate of drug-likeness (QED) is 0.539. The number of piperidine rings is 1. The lowest BCUT2D eigenvalue weighted by molar-refractivity contribution is -0.127. The first-order valence-corrected chi connectivity index (χ1v) is 12.6. The summed E-state index contributed by atoms with van der Waals surface area (Å²) in [7, 11) is -0.0783. The summed E-state index contributed by atoms with van der Waals surface area (Å²) in [6.07, 6.45) is 5.70. The summed E-state index contributed by atoms with van der Waals surface area (Å²) >= 11 is 0. The van der Waals surface area contributed by atoms with Crippen LogP contribution in [0, 0.1) is 13.8 Å². The van der Waals surface area contributed by atoms with Crippen LogP contribution in [0.5, 0.6) is 11.5 Å². The van der Waals surface area contributed by atoms with Crippen LogP contribution in [-0.2, 0) is 21.4 Å². The molecule has 2 aromatic rings. The van der Waals surface area contributed by atoms with Crippen LogP contribution in [-0.4, -0.2) is 68.2 Å². The number of carbonyl (C=O) groups excluding carboxylic acids is 1. The molecule has 1 aliphatic heterocycles. The van der Waals surface area contributed by atoms with E-state index in [0.717, 1.165) is 22.6 Å². The number of aryl methyl sites for hydroxylation is 2. The lowest BCUT2D eigenvalue weighted by atomic mass is 10.1. The number of aromatic nitrogens is 1. The SMILES string of the molecule is COc1cc(/C=C/C(=O)N2CCC(N(C)S(C)(=O)=O)CC2)ccc1OCc1c(C)noc1C. The van der Waals surface area contributed by atoms with E-state index in [0.29, 0.717) is 44.0 Å². The van der Waals surface area contributed by atoms with Crippen molar-refractivity contribution >= 4 is 22.0 Å². The number of ether oxygens (including phenoxy) is 2. The molecule has 9 nitrogen and oxygen atoms in total. The molecule has 180 valence electrons. The zero-order valence-electron chi connectivity index (χ0n) is 19.7. The largest absolute Gasteiger partial charge is 0.493 e. The highest BCUT2D eigenvalue weighted by atomic mass is 32.2. The Balaban J connectivity index is 1.59. The van der Waals surface area contributed by atoms with Crippen molar-refractivity contribution in [2.24, 2.45) is 0 Å². The molecule has 1 amide bonds. The molecule has 2 heterocycles. The Morgan fingerprint density at radius 1 is 1.27 bits per heavy atom. The second-order valence-electron chi connectivity index (χ2n) is 8.17. The molecule has 0 N–H and O–H groups in total. The number of methoxy groups -OCH3 is 1. The van der Waals surface area contributed by atoms with Gasteiger partial charge in [0.15, 0.2) is 11.5 Å². The van der Waals surface area contributed by atoms with Gasteiger partial charge in [-0.05, 0) is 50.5 Å². The van der Waals surface area contributed by atoms with Crippen molar-refractivity contribution in [3.8, 4) is 11.5 Å². The van der Waals surface area contributed by atoms with Gasteiger partial charge in [-0.15, -0.1) is 0 Å². The van der Waals surface area contributed by atoms with Crippen molar-refractivity contribution < 1.29 is 27.2 Å². The highest BCUT2D eigenvalue weighted by molar-refractivity contribution is 7.88. The maximum Gasteiger partial charge on any atom is 0.246 e. The van der Waals surface area contributed by atoms with Gasteiger partial charge < -0.3 is 18.9 Å². The number of likely N-dealkylation sites (tertiary alicyclic amines) is 1. The number of amides is 1. The summed E-state index contributed by atoms with van der Waals surface area (Å²) < 4.78 is 41.3. The Morgan fingerprint density at radius 2 is 1.97 bits per heavy atom. The number of carbonyl (C=O) groups is 1. The van der Waals surface area contributed by atoms with Gasteiger partial charge in [-0.1, -0.05) is 11.2 Å². The molecule has 3 rings (SSSR count). The van der Waals surface area contributed by atoms with E-state index in [4.69, 9.17) is 14.0 Å². The van der Waals surface area contributed by atoms with Gasteiger partial charge in [0.05, 0.1) is 24.6 Å². The maximum absolute atomic E-state index is 12.6. The minimum absolute atomic E-state index is 0.0739. The second kappa shape index (κ2) is 10.4. The molecule has 1 aromatic heterocycles. The Labute approximate surface area is 195 Å². The maximum atomic E-state index is 12.6. The standard InChI is InChI=1S/C23H31N3O6S/c1-16-20(17(2)32-24-16)15-31-21-8-6-18(14-22(21)30-4)7-9-23(27)26-12-10-19(11-13-26)25(3)33(5,28)29/h6-9,14,19H,10-13,15H2,1-5H3/b9-7+. The van der Waals surface area contributed by atoms with E-state index in [9.17, 15) is 13.2 Å². The van der Waals surface area contributed by atoms with Crippen molar-refractivity contribution in [3.63, 3.8) is 0 Å². The molecule has 1 fully saturated rings. The zero-order chi connectivity index (χ0) is 24.2. The molecule has 1 aliphatic rings. The number of hydrogen-bond donors (Lipinski definition) is 0. The summed E-state index contributed by atoms with van der Waals surface area (Å²) in [4.78, 5) is 14.3. The molecule has 0 atom stereocenters. The second-order valence-corrected chi connectivity index (χ2v) is 10.2. The molecule has 0 spiro atoms. The minimum Gasteiger partial charge on any atom is -0.493 e. The van der Waals surface area contributed by atoms with Crippen molar-refractivity contribution in [1.82, 2.24) is 14.4 Å². The normalized spacial score (nSPS) is 15.4. The molecule has 1 aromatic carbocycles. The van der Waals surface area contributed by atoms with Crippen LogP contribution >= 0.6 is 0 Å². The third-order valence-corrected chi connectivity index (χ3v) is 7.32. The van der Waals surface area contributed by atoms with Crippen LogP contribution in [0.1, 0.15) is 35.4 Å². The topological polar surface area (TPSA) is 102 Å². The van der Waals surface area contributed by atoms with Gasteiger partial charge in [-0.3, -0.25) is 4.79 Å². The number of hydrogen-bond acceptors (Lipinski definition) is 7. The molecular weight excluding hydrogens is 446 g/mol. The lowest BCUT2D eigenvalue weighted by Crippen LogP contribution is -2.46. The van der Waals surface area contributed by atoms with Gasteiger partial charge in [0.1, 0.15) is 12.4 Å². The molecule has 0 unspecified atom stereocenters. The fourth-order valence-corrected chi connectivity index (χ4v) is 4.51. The van der Waals surface area contributed by atoms with Gasteiger partial charge in [0.2, 0.25) is 15.9 Å². The smallest absolute Gasteiger partial charge is 0.246 e. The molecule has 0 aliphatic carbocycles. The Kier molecular flexibility index (Phi) is 7.80. The number of sulfonamides is 1. The number of rotatable bonds is 8. The van der Waals surface area contributed by atoms with E-state index >= 15 is 0 Å². The van der Waals surface area contributed by atoms with Gasteiger partial charge in [-0.25, -0.2) is 12.7 Å². The predicted octanol–water partition coefficient (Wildman–Crippen LogP) is 2.77. The van der Waals surface area contributed by atoms with Crippen molar-refractivity contribution in [1.29, 1.82) is 0 Å². The summed E-state index contributed by atoms with van der Waals surface area (Å²) in [5.41, 5.74) is 2.49. The molecule has 1 saturated heterocycles. The third kappa shape index (κ3) is 6.14. The first kappa shape index (κ1) is 24.8. The zero-order valence-corrected chi connectivity index (χ0v) is 20.5. The fraction of sp³-hybridized carbons (Fsp3) is 0.478. The molecule has 0 radical (unpaired) electrons. The van der Waals surface area contributed by atoms with Gasteiger partial charge in [0, 0.05) is 32.3 Å². The molecule has 33 heavy (non-hydrogen) atoms. The monoisotopic (exact) mass is 477 g/mol. The van der Waals surface area contributed by atoms with E-state index in [1.807, 2.05) is 19.9 Å². The van der Waals surface area contributed by atoms with Gasteiger partial charge in [-0.2, -0.15) is 0 Å². The van der Waals surface area contributed by atoms with Crippen LogP contribution in [0.3, 0.4) is 0 Å². The highest BCUT2D eigenvalue weighted by Crippen LogP contribution is 2.30. The molecular formula is C23H31N3O6S. The van der Waals surface area contributed by atoms with Crippen LogP contribution in [0.25, 0.3) is 6.08 Å². The highest BCUT2D eigenvalue weighted by Gasteiger charge is 2.28. The van der Waals surface area contributed by atoms with E-state index < -0.39 is 10.0 Å². The molecule has 10 heteroatoms. The van der Waals surface area contributed by atoms with Crippen LogP contribution in [0.15, 0.2) is 28.8 Å². The predicted molar refractivity (Wildman–Crippen MR) is 125 cm³/mol. The lowest BCUT2D eigenvalue weighted by Gasteiger charge is -2.35. The molecule has 0 saturated carbocycles. The van der Waals surface area contributed by atoms with Crippen LogP contribution in [0.2, 0.25) is 0 Å². The van der Waals surface area contributed by atoms with Crippen molar-refractivity contribution in [2.45, 2.75) is 39.3 Å². The number of nitrogens with zero attached hydrogens (tertiary/aromatic N) is 3. The van der Waals surface area contributed by atoms with Crippen molar-refractivity contribution in [3.05, 3.63) is 46.9 Å². The first-order valence-electron chi connectivity index (χ1n) is 10.7. The van der Waals surface area contributed by atoms with E-state index in [1.54, 1.807) is 37.3 Å². The summed E-state index contributed by atoms with van der Waals surface area (Å²) in [5.74, 6) is 1.75. The fourth-order valence-electron chi connectivity index (χ4n) is 3.76. The summed E-state index contributed by atoms with van der Waals surface area (Å²) in [6, 6.07) is 5.38. The van der Waals surface area contributed by atoms with E-state index in [1.165, 1.54) is 16.6 Å². The van der Waals surface area contributed by atoms with Crippen LogP contribution in [0.4, 0.5) is 0 Å². The van der Waals surface area contributed by atoms with E-state index in [-0.39, 0.29) is 11.9 Å². The van der Waals surface area contributed by atoms with Gasteiger partial charge in [0.25, 0.3) is 0 Å². The van der Waals surface area contributed by atoms with Crippen LogP contribution < -0.4 is 9.47 Å². The summed E-state index contributed by atoms with van der Waals surface area (Å²) in [6.45, 7) is 5.06.